The summed E-state index contributed by atoms with van der Waals surface area (Å²) in [5, 5.41) is 8.41. The monoisotopic (exact) mass is 295 g/mol. The quantitative estimate of drug-likeness (QED) is 0.819. The molecule has 0 spiro atoms. The maximum atomic E-state index is 12.6. The Morgan fingerprint density at radius 3 is 2.70 bits per heavy atom. The van der Waals surface area contributed by atoms with Gasteiger partial charge in [-0.25, -0.2) is 4.98 Å². The molecule has 0 atom stereocenters. The fraction of sp³-hybridized carbons (Fsp3) is 0.643. The fourth-order valence-electron chi connectivity index (χ4n) is 2.70. The van der Waals surface area contributed by atoms with Crippen LogP contribution in [-0.4, -0.2) is 29.8 Å². The van der Waals surface area contributed by atoms with Crippen molar-refractivity contribution in [3.63, 3.8) is 0 Å². The minimum absolute atomic E-state index is 0.0466. The molecule has 1 amide bonds. The first kappa shape index (κ1) is 15.1. The standard InChI is InChI=1S/C14H21N3O2S/c1-3-4-14(5-7-15-8-6-14)12(19)17-13-16-11(9-20-13)10(2)18/h9,15H,3-8H2,1-2H3,(H,16,17,19). The smallest absolute Gasteiger partial charge is 0.232 e. The van der Waals surface area contributed by atoms with E-state index in [0.29, 0.717) is 10.8 Å². The van der Waals surface area contributed by atoms with Gasteiger partial charge in [-0.2, -0.15) is 0 Å². The van der Waals surface area contributed by atoms with Crippen molar-refractivity contribution >= 4 is 28.2 Å². The Morgan fingerprint density at radius 2 is 2.15 bits per heavy atom. The van der Waals surface area contributed by atoms with Crippen LogP contribution in [0.15, 0.2) is 5.38 Å². The van der Waals surface area contributed by atoms with E-state index >= 15 is 0 Å². The van der Waals surface area contributed by atoms with E-state index in [1.807, 2.05) is 0 Å². The van der Waals surface area contributed by atoms with Gasteiger partial charge >= 0.3 is 0 Å². The summed E-state index contributed by atoms with van der Waals surface area (Å²) >= 11 is 1.31. The number of carbonyl (C=O) groups is 2. The van der Waals surface area contributed by atoms with Gasteiger partial charge in [0.2, 0.25) is 5.91 Å². The second-order valence-corrected chi connectivity index (χ2v) is 6.19. The summed E-state index contributed by atoms with van der Waals surface area (Å²) < 4.78 is 0. The second kappa shape index (κ2) is 6.45. The van der Waals surface area contributed by atoms with Gasteiger partial charge in [0.1, 0.15) is 5.69 Å². The van der Waals surface area contributed by atoms with Gasteiger partial charge in [0, 0.05) is 12.3 Å². The van der Waals surface area contributed by atoms with Crippen LogP contribution in [-0.2, 0) is 4.79 Å². The lowest BCUT2D eigenvalue weighted by atomic mass is 9.74. The Morgan fingerprint density at radius 1 is 1.45 bits per heavy atom. The van der Waals surface area contributed by atoms with Crippen molar-refractivity contribution in [2.24, 2.45) is 5.41 Å². The van der Waals surface area contributed by atoms with Crippen LogP contribution in [0, 0.1) is 5.41 Å². The predicted molar refractivity (Wildman–Crippen MR) is 80.2 cm³/mol. The highest BCUT2D eigenvalue weighted by atomic mass is 32.1. The van der Waals surface area contributed by atoms with Crippen LogP contribution < -0.4 is 10.6 Å². The van der Waals surface area contributed by atoms with Gasteiger partial charge in [-0.3, -0.25) is 9.59 Å². The molecule has 0 unspecified atom stereocenters. The summed E-state index contributed by atoms with van der Waals surface area (Å²) in [5.74, 6) is -0.0304. The molecule has 2 rings (SSSR count). The number of nitrogens with one attached hydrogen (secondary N) is 2. The number of rotatable bonds is 5. The van der Waals surface area contributed by atoms with Crippen LogP contribution >= 0.6 is 11.3 Å². The summed E-state index contributed by atoms with van der Waals surface area (Å²) in [6.07, 6.45) is 3.60. The first-order chi connectivity index (χ1) is 9.57. The predicted octanol–water partition coefficient (Wildman–Crippen LogP) is 2.45. The minimum atomic E-state index is -0.290. The maximum Gasteiger partial charge on any atom is 0.232 e. The van der Waals surface area contributed by atoms with Crippen molar-refractivity contribution in [1.82, 2.24) is 10.3 Å². The SMILES string of the molecule is CCCC1(C(=O)Nc2nc(C(C)=O)cs2)CCNCC1. The van der Waals surface area contributed by atoms with Gasteiger partial charge in [0.05, 0.1) is 5.41 Å². The molecule has 110 valence electrons. The van der Waals surface area contributed by atoms with Crippen molar-refractivity contribution in [3.05, 3.63) is 11.1 Å². The van der Waals surface area contributed by atoms with E-state index in [1.54, 1.807) is 5.38 Å². The number of thiazole rings is 1. The molecule has 1 aliphatic heterocycles. The van der Waals surface area contributed by atoms with Crippen LogP contribution in [0.5, 0.6) is 0 Å². The lowest BCUT2D eigenvalue weighted by Gasteiger charge is -2.35. The molecule has 1 fully saturated rings. The van der Waals surface area contributed by atoms with Crippen molar-refractivity contribution in [2.75, 3.05) is 18.4 Å². The summed E-state index contributed by atoms with van der Waals surface area (Å²) in [4.78, 5) is 28.0. The van der Waals surface area contributed by atoms with Crippen LogP contribution in [0.1, 0.15) is 50.0 Å². The Balaban J connectivity index is 2.09. The van der Waals surface area contributed by atoms with Crippen LogP contribution in [0.25, 0.3) is 0 Å². The number of piperidine rings is 1. The van der Waals surface area contributed by atoms with E-state index < -0.39 is 0 Å². The van der Waals surface area contributed by atoms with Gasteiger partial charge in [-0.15, -0.1) is 11.3 Å². The number of ketones is 1. The van der Waals surface area contributed by atoms with Gasteiger partial charge in [-0.05, 0) is 32.4 Å². The number of carbonyl (C=O) groups excluding carboxylic acids is 2. The Kier molecular flexibility index (Phi) is 4.88. The van der Waals surface area contributed by atoms with E-state index in [4.69, 9.17) is 0 Å². The van der Waals surface area contributed by atoms with Gasteiger partial charge in [0.15, 0.2) is 10.9 Å². The van der Waals surface area contributed by atoms with E-state index in [0.717, 1.165) is 38.8 Å². The topological polar surface area (TPSA) is 71.1 Å². The zero-order chi connectivity index (χ0) is 14.6. The van der Waals surface area contributed by atoms with Crippen LogP contribution in [0.4, 0.5) is 5.13 Å². The van der Waals surface area contributed by atoms with E-state index in [-0.39, 0.29) is 17.1 Å². The van der Waals surface area contributed by atoms with Crippen LogP contribution in [0.2, 0.25) is 0 Å². The number of nitrogens with zero attached hydrogens (tertiary/aromatic N) is 1. The maximum absolute atomic E-state index is 12.6. The zero-order valence-corrected chi connectivity index (χ0v) is 12.8. The summed E-state index contributed by atoms with van der Waals surface area (Å²) in [6, 6.07) is 0. The second-order valence-electron chi connectivity index (χ2n) is 5.33. The highest BCUT2D eigenvalue weighted by molar-refractivity contribution is 7.14. The van der Waals surface area contributed by atoms with E-state index in [1.165, 1.54) is 18.3 Å². The Labute approximate surface area is 123 Å². The molecule has 6 heteroatoms. The average molecular weight is 295 g/mol. The molecule has 2 N–H and O–H groups in total. The summed E-state index contributed by atoms with van der Waals surface area (Å²) in [5.41, 5.74) is 0.127. The van der Waals surface area contributed by atoms with Crippen molar-refractivity contribution in [1.29, 1.82) is 0 Å². The first-order valence-corrected chi connectivity index (χ1v) is 7.94. The van der Waals surface area contributed by atoms with Gasteiger partial charge < -0.3 is 10.6 Å². The van der Waals surface area contributed by atoms with Gasteiger partial charge in [0.25, 0.3) is 0 Å². The van der Waals surface area contributed by atoms with Gasteiger partial charge in [-0.1, -0.05) is 13.3 Å². The molecule has 0 radical (unpaired) electrons. The first-order valence-electron chi connectivity index (χ1n) is 7.06. The highest BCUT2D eigenvalue weighted by Crippen LogP contribution is 2.35. The molecule has 2 heterocycles. The van der Waals surface area contributed by atoms with E-state index in [2.05, 4.69) is 22.5 Å². The molecule has 1 aromatic rings. The number of hydrogen-bond acceptors (Lipinski definition) is 5. The number of amides is 1. The third-order valence-electron chi connectivity index (χ3n) is 3.86. The number of aromatic nitrogens is 1. The van der Waals surface area contributed by atoms with Crippen molar-refractivity contribution in [2.45, 2.75) is 39.5 Å². The third-order valence-corrected chi connectivity index (χ3v) is 4.61. The van der Waals surface area contributed by atoms with Crippen molar-refractivity contribution in [3.8, 4) is 0 Å². The molecule has 20 heavy (non-hydrogen) atoms. The lowest BCUT2D eigenvalue weighted by Crippen LogP contribution is -2.44. The Bertz CT molecular complexity index is 487. The molecule has 0 aliphatic carbocycles. The molecule has 1 aromatic heterocycles. The molecule has 0 bridgehead atoms. The number of Topliss-reactive ketones (excluding diaryl/α,β-unsaturated/α-hetero) is 1. The molecule has 5 nitrogen and oxygen atoms in total. The molecule has 0 saturated carbocycles. The lowest BCUT2D eigenvalue weighted by molar-refractivity contribution is -0.127. The van der Waals surface area contributed by atoms with Crippen molar-refractivity contribution < 1.29 is 9.59 Å². The van der Waals surface area contributed by atoms with E-state index in [9.17, 15) is 9.59 Å². The number of hydrogen-bond donors (Lipinski definition) is 2. The fourth-order valence-corrected chi connectivity index (χ4v) is 3.44. The molecular formula is C14H21N3O2S. The third kappa shape index (κ3) is 3.24. The minimum Gasteiger partial charge on any atom is -0.317 e. The summed E-state index contributed by atoms with van der Waals surface area (Å²) in [7, 11) is 0. The largest absolute Gasteiger partial charge is 0.317 e. The summed E-state index contributed by atoms with van der Waals surface area (Å²) in [6.45, 7) is 5.34. The normalized spacial score (nSPS) is 17.7. The van der Waals surface area contributed by atoms with Crippen LogP contribution in [0.3, 0.4) is 0 Å². The number of anilines is 1. The molecule has 0 aromatic carbocycles. The Hall–Kier alpha value is -1.27. The molecular weight excluding hydrogens is 274 g/mol. The highest BCUT2D eigenvalue weighted by Gasteiger charge is 2.38. The average Bonchev–Trinajstić information content (AvgIpc) is 2.89. The molecule has 1 saturated heterocycles. The zero-order valence-electron chi connectivity index (χ0n) is 12.0. The molecule has 1 aliphatic rings.